The van der Waals surface area contributed by atoms with Crippen molar-refractivity contribution in [1.82, 2.24) is 14.9 Å². The lowest BCUT2D eigenvalue weighted by Crippen LogP contribution is -2.42. The summed E-state index contributed by atoms with van der Waals surface area (Å²) in [5, 5.41) is 13.0. The van der Waals surface area contributed by atoms with Gasteiger partial charge in [-0.1, -0.05) is 36.6 Å². The number of imidazole rings is 1. The molecule has 11 nitrogen and oxygen atoms in total. The van der Waals surface area contributed by atoms with Gasteiger partial charge in [0.2, 0.25) is 0 Å². The van der Waals surface area contributed by atoms with Gasteiger partial charge in [-0.25, -0.2) is 23.4 Å². The van der Waals surface area contributed by atoms with Crippen molar-refractivity contribution in [2.45, 2.75) is 56.7 Å². The molecule has 45 heavy (non-hydrogen) atoms. The lowest BCUT2D eigenvalue weighted by atomic mass is 9.99. The molecular formula is C31H30ClF2N5O6. The fourth-order valence-electron chi connectivity index (χ4n) is 5.73. The van der Waals surface area contributed by atoms with Crippen LogP contribution in [0.2, 0.25) is 5.02 Å². The molecule has 3 heterocycles. The van der Waals surface area contributed by atoms with Crippen molar-refractivity contribution in [3.8, 4) is 17.3 Å². The Kier molecular flexibility index (Phi) is 9.53. The van der Waals surface area contributed by atoms with Crippen LogP contribution in [0, 0.1) is 23.0 Å². The maximum absolute atomic E-state index is 14.7. The molecule has 5 rings (SSSR count). The smallest absolute Gasteiger partial charge is 0.411 e. The molecule has 0 aliphatic carbocycles. The molecule has 3 aromatic rings. The molecule has 1 fully saturated rings. The molecule has 14 heteroatoms. The van der Waals surface area contributed by atoms with E-state index in [0.717, 1.165) is 12.1 Å². The van der Waals surface area contributed by atoms with E-state index in [2.05, 4.69) is 21.4 Å². The first kappa shape index (κ1) is 31.7. The maximum Gasteiger partial charge on any atom is 0.411 e. The van der Waals surface area contributed by atoms with Crippen LogP contribution >= 0.6 is 11.6 Å². The van der Waals surface area contributed by atoms with Crippen molar-refractivity contribution in [3.05, 3.63) is 69.6 Å². The van der Waals surface area contributed by atoms with E-state index in [-0.39, 0.29) is 30.1 Å². The lowest BCUT2D eigenvalue weighted by molar-refractivity contribution is -0.142. The summed E-state index contributed by atoms with van der Waals surface area (Å²) < 4.78 is 44.7. The fourth-order valence-corrected chi connectivity index (χ4v) is 5.89. The number of benzene rings is 2. The number of carbonyl (C=O) groups excluding carboxylic acids is 3. The van der Waals surface area contributed by atoms with E-state index in [1.54, 1.807) is 18.2 Å². The normalized spacial score (nSPS) is 20.0. The number of amides is 1. The zero-order chi connectivity index (χ0) is 32.2. The molecule has 0 spiro atoms. The van der Waals surface area contributed by atoms with Crippen LogP contribution in [0.15, 0.2) is 30.3 Å². The van der Waals surface area contributed by atoms with Gasteiger partial charge < -0.3 is 24.5 Å². The van der Waals surface area contributed by atoms with E-state index < -0.39 is 53.4 Å². The number of H-pyrrole nitrogens is 1. The molecule has 2 bridgehead atoms. The number of nitrogens with one attached hydrogen (secondary N) is 2. The summed E-state index contributed by atoms with van der Waals surface area (Å²) in [7, 11) is 2.57. The van der Waals surface area contributed by atoms with E-state index >= 15 is 0 Å². The van der Waals surface area contributed by atoms with Crippen LogP contribution in [0.3, 0.4) is 0 Å². The largest absolute Gasteiger partial charge is 0.469 e. The summed E-state index contributed by atoms with van der Waals surface area (Å²) in [5.41, 5.74) is 1.53. The van der Waals surface area contributed by atoms with E-state index in [0.29, 0.717) is 54.0 Å². The Hall–Kier alpha value is -4.70. The Bertz CT molecular complexity index is 1670. The second kappa shape index (κ2) is 13.5. The minimum Gasteiger partial charge on any atom is -0.469 e. The molecule has 0 radical (unpaired) electrons. The van der Waals surface area contributed by atoms with E-state index in [1.165, 1.54) is 19.1 Å². The van der Waals surface area contributed by atoms with E-state index in [1.807, 2.05) is 0 Å². The van der Waals surface area contributed by atoms with Crippen LogP contribution in [-0.2, 0) is 30.2 Å². The summed E-state index contributed by atoms with van der Waals surface area (Å²) in [4.78, 5) is 47.3. The summed E-state index contributed by atoms with van der Waals surface area (Å²) in [6, 6.07) is 7.87. The highest BCUT2D eigenvalue weighted by atomic mass is 35.5. The maximum atomic E-state index is 14.7. The van der Waals surface area contributed by atoms with Gasteiger partial charge in [0, 0.05) is 24.2 Å². The molecule has 2 aliphatic heterocycles. The molecule has 1 aromatic heterocycles. The number of esters is 2. The summed E-state index contributed by atoms with van der Waals surface area (Å²) in [5.74, 6) is -2.47. The van der Waals surface area contributed by atoms with Gasteiger partial charge in [-0.3, -0.25) is 9.69 Å². The first-order valence-corrected chi connectivity index (χ1v) is 14.7. The number of cyclic esters (lactones) is 1. The van der Waals surface area contributed by atoms with Crippen LogP contribution in [0.5, 0.6) is 0 Å². The predicted octanol–water partition coefficient (Wildman–Crippen LogP) is 5.75. The topological polar surface area (TPSA) is 147 Å². The molecule has 2 aliphatic rings. The standard InChI is InChI=1S/C31H30ClF2N5O6/c1-43-25(40)14-16-7-8-17-21(13-16)36-20(30(41)44-2)5-3-4-6-23(29-37-22(15-35)28(17)38-29)39-12-11-24(45-31(39)42)26-19(33)10-9-18(32)27(26)34/h7-10,13,20,23-24,36H,3-6,11-12,14H2,1-2H3,(H,37,38)/t20-,23+,24?/m1/s1. The highest BCUT2D eigenvalue weighted by Crippen LogP contribution is 2.39. The summed E-state index contributed by atoms with van der Waals surface area (Å²) in [6.07, 6.45) is -0.0767. The summed E-state index contributed by atoms with van der Waals surface area (Å²) >= 11 is 5.86. The number of aromatic nitrogens is 2. The highest BCUT2D eigenvalue weighted by Gasteiger charge is 2.38. The molecule has 1 unspecified atom stereocenters. The van der Waals surface area contributed by atoms with Crippen molar-refractivity contribution in [2.75, 3.05) is 26.1 Å². The minimum atomic E-state index is -1.18. The Labute approximate surface area is 262 Å². The Morgan fingerprint density at radius 1 is 1.16 bits per heavy atom. The molecule has 2 N–H and O–H groups in total. The van der Waals surface area contributed by atoms with Gasteiger partial charge in [0.1, 0.15) is 29.9 Å². The van der Waals surface area contributed by atoms with E-state index in [4.69, 9.17) is 25.8 Å². The third-order valence-electron chi connectivity index (χ3n) is 8.00. The zero-order valence-electron chi connectivity index (χ0n) is 24.5. The number of nitriles is 1. The number of carbonyl (C=O) groups is 3. The number of ether oxygens (including phenoxy) is 3. The van der Waals surface area contributed by atoms with Crippen LogP contribution in [0.25, 0.3) is 11.3 Å². The average Bonchev–Trinajstić information content (AvgIpc) is 3.46. The number of aromatic amines is 1. The second-order valence-corrected chi connectivity index (χ2v) is 11.1. The Morgan fingerprint density at radius 2 is 1.93 bits per heavy atom. The number of hydrogen-bond acceptors (Lipinski definition) is 9. The van der Waals surface area contributed by atoms with Crippen molar-refractivity contribution in [1.29, 1.82) is 5.26 Å². The number of hydrogen-bond donors (Lipinski definition) is 2. The van der Waals surface area contributed by atoms with Crippen molar-refractivity contribution < 1.29 is 37.4 Å². The predicted molar refractivity (Wildman–Crippen MR) is 157 cm³/mol. The number of halogens is 3. The fraction of sp³-hybridized carbons (Fsp3) is 0.387. The molecule has 236 valence electrons. The van der Waals surface area contributed by atoms with Gasteiger partial charge in [0.25, 0.3) is 0 Å². The molecule has 1 amide bonds. The van der Waals surface area contributed by atoms with Crippen molar-refractivity contribution in [3.63, 3.8) is 0 Å². The minimum absolute atomic E-state index is 0.0171. The number of anilines is 1. The number of rotatable bonds is 5. The van der Waals surface area contributed by atoms with Gasteiger partial charge in [-0.05, 0) is 36.6 Å². The first-order chi connectivity index (χ1) is 21.6. The van der Waals surface area contributed by atoms with Gasteiger partial charge in [-0.2, -0.15) is 5.26 Å². The molecular weight excluding hydrogens is 612 g/mol. The number of methoxy groups -OCH3 is 2. The highest BCUT2D eigenvalue weighted by molar-refractivity contribution is 6.30. The van der Waals surface area contributed by atoms with Gasteiger partial charge in [0.15, 0.2) is 11.5 Å². The Balaban J connectivity index is 1.52. The van der Waals surface area contributed by atoms with Crippen LogP contribution < -0.4 is 5.32 Å². The molecule has 0 saturated carbocycles. The number of fused-ring (bicyclic) bond motifs is 4. The van der Waals surface area contributed by atoms with Crippen LogP contribution in [-0.4, -0.2) is 59.7 Å². The van der Waals surface area contributed by atoms with Crippen LogP contribution in [0.1, 0.15) is 66.9 Å². The van der Waals surface area contributed by atoms with Crippen molar-refractivity contribution >= 4 is 35.3 Å². The van der Waals surface area contributed by atoms with Gasteiger partial charge >= 0.3 is 18.0 Å². The molecule has 1 saturated heterocycles. The number of nitrogens with zero attached hydrogens (tertiary/aromatic N) is 3. The van der Waals surface area contributed by atoms with Gasteiger partial charge in [0.05, 0.1) is 43.0 Å². The second-order valence-electron chi connectivity index (χ2n) is 10.7. The van der Waals surface area contributed by atoms with Crippen molar-refractivity contribution in [2.24, 2.45) is 0 Å². The lowest BCUT2D eigenvalue weighted by Gasteiger charge is -2.36. The SMILES string of the molecule is COC(=O)Cc1ccc2c(c1)N[C@@H](C(=O)OC)CCCC[C@H](N1CCC(c3c(F)ccc(Cl)c3F)OC1=O)c1nc(C#N)c-2[nH]1. The first-order valence-electron chi connectivity index (χ1n) is 14.3. The van der Waals surface area contributed by atoms with Gasteiger partial charge in [-0.15, -0.1) is 0 Å². The quantitative estimate of drug-likeness (QED) is 0.202. The zero-order valence-corrected chi connectivity index (χ0v) is 25.2. The third kappa shape index (κ3) is 6.56. The Morgan fingerprint density at radius 3 is 2.64 bits per heavy atom. The average molecular weight is 642 g/mol. The summed E-state index contributed by atoms with van der Waals surface area (Å²) in [6.45, 7) is 0.0807. The van der Waals surface area contributed by atoms with E-state index in [9.17, 15) is 28.4 Å². The molecule has 2 aromatic carbocycles. The monoisotopic (exact) mass is 641 g/mol. The molecule has 3 atom stereocenters. The third-order valence-corrected chi connectivity index (χ3v) is 8.29. The van der Waals surface area contributed by atoms with Crippen LogP contribution in [0.4, 0.5) is 19.3 Å².